The van der Waals surface area contributed by atoms with Crippen molar-refractivity contribution in [1.82, 2.24) is 29.9 Å². The van der Waals surface area contributed by atoms with E-state index >= 15 is 0 Å². The summed E-state index contributed by atoms with van der Waals surface area (Å²) >= 11 is 0. The van der Waals surface area contributed by atoms with Crippen LogP contribution >= 0.6 is 0 Å². The second-order valence-corrected chi connectivity index (χ2v) is 9.79. The number of Topliss-reactive ketones (excluding diaryl/α,β-unsaturated/α-hetero) is 1. The molecule has 0 spiro atoms. The number of aromatic amines is 1. The number of nitrogens with zero attached hydrogens (tertiary/aromatic N) is 6. The molecule has 0 aliphatic carbocycles. The average molecular weight is 471 g/mol. The van der Waals surface area contributed by atoms with Gasteiger partial charge in [-0.05, 0) is 62.1 Å². The van der Waals surface area contributed by atoms with Crippen molar-refractivity contribution >= 4 is 23.2 Å². The van der Waals surface area contributed by atoms with E-state index in [9.17, 15) is 4.79 Å². The van der Waals surface area contributed by atoms with Crippen molar-refractivity contribution in [3.05, 3.63) is 71.8 Å². The molecule has 1 fully saturated rings. The zero-order chi connectivity index (χ0) is 24.6. The van der Waals surface area contributed by atoms with E-state index in [4.69, 9.17) is 4.98 Å². The fourth-order valence-corrected chi connectivity index (χ4v) is 4.49. The van der Waals surface area contributed by atoms with Crippen LogP contribution in [0.3, 0.4) is 0 Å². The molecular formula is C26H30N8O. The number of pyridine rings is 2. The second kappa shape index (κ2) is 8.98. The summed E-state index contributed by atoms with van der Waals surface area (Å²) in [6, 6.07) is 11.8. The summed E-state index contributed by atoms with van der Waals surface area (Å²) in [5.74, 6) is 3.48. The molecule has 1 saturated heterocycles. The SMILES string of the molecule is Cc1cc(Nc2cc(C)[nH]n2)nc(N2CC(C)(C(=O)C[C@@H](C)c3ccc(-n4cccn4)nc3)C2)c1. The Morgan fingerprint density at radius 3 is 2.66 bits per heavy atom. The molecule has 0 radical (unpaired) electrons. The maximum atomic E-state index is 13.2. The van der Waals surface area contributed by atoms with Crippen molar-refractivity contribution in [2.45, 2.75) is 40.0 Å². The highest BCUT2D eigenvalue weighted by atomic mass is 16.1. The molecule has 5 rings (SSSR count). The normalized spacial score (nSPS) is 15.5. The third-order valence-electron chi connectivity index (χ3n) is 6.57. The average Bonchev–Trinajstić information content (AvgIpc) is 3.48. The van der Waals surface area contributed by atoms with E-state index in [1.807, 2.05) is 56.6 Å². The standard InChI is InChI=1S/C26H30N8O/c1-17-10-22(29-23-13-19(3)31-32-23)30-25(11-17)33-15-26(4,16-33)21(35)12-18(2)20-6-7-24(27-14-20)34-9-5-8-28-34/h5-11,13-14,18H,12,15-16H2,1-4H3,(H2,29,30,31,32)/t18-/m1/s1. The summed E-state index contributed by atoms with van der Waals surface area (Å²) in [7, 11) is 0. The predicted octanol–water partition coefficient (Wildman–Crippen LogP) is 4.34. The number of hydrogen-bond donors (Lipinski definition) is 2. The lowest BCUT2D eigenvalue weighted by atomic mass is 9.74. The topological polar surface area (TPSA) is 105 Å². The molecule has 2 N–H and O–H groups in total. The van der Waals surface area contributed by atoms with Gasteiger partial charge in [0.25, 0.3) is 0 Å². The first-order valence-corrected chi connectivity index (χ1v) is 11.8. The maximum Gasteiger partial charge on any atom is 0.153 e. The Balaban J connectivity index is 1.20. The highest BCUT2D eigenvalue weighted by molar-refractivity contribution is 5.88. The van der Waals surface area contributed by atoms with Crippen LogP contribution < -0.4 is 10.2 Å². The van der Waals surface area contributed by atoms with Gasteiger partial charge in [0, 0.05) is 49.9 Å². The van der Waals surface area contributed by atoms with Gasteiger partial charge in [-0.2, -0.15) is 10.2 Å². The Kier molecular flexibility index (Phi) is 5.84. The summed E-state index contributed by atoms with van der Waals surface area (Å²) in [4.78, 5) is 24.7. The van der Waals surface area contributed by atoms with E-state index in [0.717, 1.165) is 40.1 Å². The number of anilines is 3. The van der Waals surface area contributed by atoms with E-state index < -0.39 is 0 Å². The van der Waals surface area contributed by atoms with E-state index in [1.54, 1.807) is 10.9 Å². The minimum absolute atomic E-state index is 0.0951. The lowest BCUT2D eigenvalue weighted by molar-refractivity contribution is -0.129. The van der Waals surface area contributed by atoms with Crippen LogP contribution in [0.4, 0.5) is 17.5 Å². The van der Waals surface area contributed by atoms with Gasteiger partial charge >= 0.3 is 0 Å². The van der Waals surface area contributed by atoms with Crippen LogP contribution in [0.15, 0.2) is 55.0 Å². The van der Waals surface area contributed by atoms with Crippen LogP contribution in [0, 0.1) is 19.3 Å². The van der Waals surface area contributed by atoms with Crippen molar-refractivity contribution in [3.63, 3.8) is 0 Å². The van der Waals surface area contributed by atoms with Crippen molar-refractivity contribution in [2.24, 2.45) is 5.41 Å². The van der Waals surface area contributed by atoms with Crippen molar-refractivity contribution < 1.29 is 4.79 Å². The molecule has 35 heavy (non-hydrogen) atoms. The van der Waals surface area contributed by atoms with E-state index in [0.29, 0.717) is 19.5 Å². The number of aryl methyl sites for hydroxylation is 2. The number of carbonyl (C=O) groups is 1. The summed E-state index contributed by atoms with van der Waals surface area (Å²) < 4.78 is 1.72. The van der Waals surface area contributed by atoms with Gasteiger partial charge in [-0.25, -0.2) is 14.6 Å². The molecule has 0 bridgehead atoms. The zero-order valence-corrected chi connectivity index (χ0v) is 20.5. The predicted molar refractivity (Wildman–Crippen MR) is 135 cm³/mol. The maximum absolute atomic E-state index is 13.2. The van der Waals surface area contributed by atoms with Gasteiger partial charge in [-0.1, -0.05) is 13.0 Å². The van der Waals surface area contributed by atoms with Gasteiger partial charge in [0.2, 0.25) is 0 Å². The number of ketones is 1. The van der Waals surface area contributed by atoms with Crippen molar-refractivity contribution in [1.29, 1.82) is 0 Å². The van der Waals surface area contributed by atoms with Crippen LogP contribution in [0.2, 0.25) is 0 Å². The van der Waals surface area contributed by atoms with E-state index in [-0.39, 0.29) is 17.1 Å². The molecule has 5 heterocycles. The molecule has 180 valence electrons. The number of aromatic nitrogens is 6. The number of nitrogens with one attached hydrogen (secondary N) is 2. The largest absolute Gasteiger partial charge is 0.354 e. The summed E-state index contributed by atoms with van der Waals surface area (Å²) in [5.41, 5.74) is 2.76. The van der Waals surface area contributed by atoms with E-state index in [1.165, 1.54) is 0 Å². The Morgan fingerprint density at radius 2 is 2.00 bits per heavy atom. The Labute approximate surface area is 204 Å². The van der Waals surface area contributed by atoms with Crippen molar-refractivity contribution in [3.8, 4) is 5.82 Å². The van der Waals surface area contributed by atoms with E-state index in [2.05, 4.69) is 50.4 Å². The van der Waals surface area contributed by atoms with Crippen LogP contribution in [0.5, 0.6) is 0 Å². The third kappa shape index (κ3) is 4.80. The molecule has 9 heteroatoms. The minimum atomic E-state index is -0.380. The molecular weight excluding hydrogens is 440 g/mol. The Bertz CT molecular complexity index is 1320. The second-order valence-electron chi connectivity index (χ2n) is 9.79. The van der Waals surface area contributed by atoms with Crippen LogP contribution in [0.1, 0.15) is 43.0 Å². The zero-order valence-electron chi connectivity index (χ0n) is 20.5. The number of rotatable bonds is 8. The van der Waals surface area contributed by atoms with Gasteiger partial charge in [0.05, 0.1) is 5.41 Å². The molecule has 0 unspecified atom stereocenters. The molecule has 1 atom stereocenters. The molecule has 4 aromatic heterocycles. The third-order valence-corrected chi connectivity index (χ3v) is 6.57. The molecule has 9 nitrogen and oxygen atoms in total. The first-order chi connectivity index (χ1) is 16.8. The first kappa shape index (κ1) is 22.8. The van der Waals surface area contributed by atoms with Gasteiger partial charge in [-0.3, -0.25) is 9.89 Å². The number of H-pyrrole nitrogens is 1. The Morgan fingerprint density at radius 1 is 1.17 bits per heavy atom. The fourth-order valence-electron chi connectivity index (χ4n) is 4.49. The van der Waals surface area contributed by atoms with Gasteiger partial charge in [-0.15, -0.1) is 0 Å². The monoisotopic (exact) mass is 470 g/mol. The van der Waals surface area contributed by atoms with Gasteiger partial charge in [0.15, 0.2) is 11.6 Å². The van der Waals surface area contributed by atoms with Crippen LogP contribution in [0.25, 0.3) is 5.82 Å². The first-order valence-electron chi connectivity index (χ1n) is 11.8. The highest BCUT2D eigenvalue weighted by Gasteiger charge is 2.45. The molecule has 0 aromatic carbocycles. The minimum Gasteiger partial charge on any atom is -0.354 e. The highest BCUT2D eigenvalue weighted by Crippen LogP contribution is 2.37. The van der Waals surface area contributed by atoms with Gasteiger partial charge < -0.3 is 10.2 Å². The summed E-state index contributed by atoms with van der Waals surface area (Å²) in [6.45, 7) is 9.46. The molecule has 4 aromatic rings. The lowest BCUT2D eigenvalue weighted by Crippen LogP contribution is -2.59. The van der Waals surface area contributed by atoms with Gasteiger partial charge in [0.1, 0.15) is 17.4 Å². The summed E-state index contributed by atoms with van der Waals surface area (Å²) in [6.07, 6.45) is 5.91. The number of hydrogen-bond acceptors (Lipinski definition) is 7. The lowest BCUT2D eigenvalue weighted by Gasteiger charge is -2.48. The van der Waals surface area contributed by atoms with Crippen LogP contribution in [-0.4, -0.2) is 48.8 Å². The van der Waals surface area contributed by atoms with Crippen LogP contribution in [-0.2, 0) is 4.79 Å². The quantitative estimate of drug-likeness (QED) is 0.395. The number of carbonyl (C=O) groups excluding carboxylic acids is 1. The summed E-state index contributed by atoms with van der Waals surface area (Å²) in [5, 5.41) is 14.6. The fraction of sp³-hybridized carbons (Fsp3) is 0.346. The Hall–Kier alpha value is -4.01. The molecule has 1 aliphatic heterocycles. The molecule has 0 saturated carbocycles. The molecule has 0 amide bonds. The molecule has 1 aliphatic rings. The smallest absolute Gasteiger partial charge is 0.153 e. The van der Waals surface area contributed by atoms with Crippen molar-refractivity contribution in [2.75, 3.05) is 23.3 Å².